The molecule has 0 aromatic carbocycles. The lowest BCUT2D eigenvalue weighted by molar-refractivity contribution is -0.122. The zero-order valence-corrected chi connectivity index (χ0v) is 11.1. The van der Waals surface area contributed by atoms with Crippen molar-refractivity contribution in [3.63, 3.8) is 0 Å². The zero-order valence-electron chi connectivity index (χ0n) is 11.1. The topological polar surface area (TPSA) is 90.5 Å². The average Bonchev–Trinajstić information content (AvgIpc) is 3.17. The molecule has 3 heterocycles. The van der Waals surface area contributed by atoms with E-state index in [0.29, 0.717) is 12.2 Å². The number of carbonyl (C=O) groups is 1. The monoisotopic (exact) mass is 283 g/mol. The van der Waals surface area contributed by atoms with E-state index in [-0.39, 0.29) is 12.5 Å². The van der Waals surface area contributed by atoms with Crippen molar-refractivity contribution in [3.05, 3.63) is 54.9 Å². The maximum absolute atomic E-state index is 11.7. The summed E-state index contributed by atoms with van der Waals surface area (Å²) in [6, 6.07) is 5.47. The molecule has 0 bridgehead atoms. The van der Waals surface area contributed by atoms with Gasteiger partial charge >= 0.3 is 0 Å². The molecule has 106 valence electrons. The molecule has 1 amide bonds. The van der Waals surface area contributed by atoms with Crippen LogP contribution in [0.25, 0.3) is 5.69 Å². The first-order chi connectivity index (χ1) is 10.3. The number of amides is 1. The highest BCUT2D eigenvalue weighted by Gasteiger charge is 2.06. The Morgan fingerprint density at radius 3 is 3.00 bits per heavy atom. The molecule has 21 heavy (non-hydrogen) atoms. The van der Waals surface area contributed by atoms with Crippen LogP contribution in [0, 0.1) is 0 Å². The summed E-state index contributed by atoms with van der Waals surface area (Å²) < 4.78 is 3.17. The second-order valence-corrected chi connectivity index (χ2v) is 4.35. The van der Waals surface area contributed by atoms with Gasteiger partial charge in [0, 0.05) is 18.6 Å². The average molecular weight is 283 g/mol. The maximum atomic E-state index is 11.7. The molecule has 3 aromatic heterocycles. The summed E-state index contributed by atoms with van der Waals surface area (Å²) in [6.07, 6.45) is 8.50. The predicted molar refractivity (Wildman–Crippen MR) is 73.2 cm³/mol. The second-order valence-electron chi connectivity index (χ2n) is 4.35. The number of aromatic nitrogens is 6. The van der Waals surface area contributed by atoms with Gasteiger partial charge in [-0.3, -0.25) is 14.5 Å². The van der Waals surface area contributed by atoms with Crippen molar-refractivity contribution in [1.29, 1.82) is 0 Å². The molecular weight excluding hydrogens is 270 g/mol. The van der Waals surface area contributed by atoms with E-state index >= 15 is 0 Å². The number of rotatable bonds is 5. The zero-order chi connectivity index (χ0) is 14.5. The van der Waals surface area contributed by atoms with Gasteiger partial charge in [-0.25, -0.2) is 4.68 Å². The van der Waals surface area contributed by atoms with E-state index in [1.165, 1.54) is 0 Å². The van der Waals surface area contributed by atoms with Gasteiger partial charge in [-0.1, -0.05) is 5.21 Å². The smallest absolute Gasteiger partial charge is 0.242 e. The fourth-order valence-electron chi connectivity index (χ4n) is 1.78. The molecule has 3 rings (SSSR count). The molecule has 8 nitrogen and oxygen atoms in total. The van der Waals surface area contributed by atoms with Crippen LogP contribution < -0.4 is 5.32 Å². The van der Waals surface area contributed by atoms with E-state index in [1.807, 2.05) is 12.1 Å². The largest absolute Gasteiger partial charge is 0.349 e. The first-order valence-electron chi connectivity index (χ1n) is 6.37. The molecule has 3 aromatic rings. The van der Waals surface area contributed by atoms with E-state index in [1.54, 1.807) is 46.4 Å². The Balaban J connectivity index is 1.56. The van der Waals surface area contributed by atoms with Gasteiger partial charge in [0.15, 0.2) is 0 Å². The van der Waals surface area contributed by atoms with Gasteiger partial charge < -0.3 is 5.32 Å². The Morgan fingerprint density at radius 1 is 1.29 bits per heavy atom. The van der Waals surface area contributed by atoms with Crippen LogP contribution in [-0.2, 0) is 17.9 Å². The molecule has 0 saturated carbocycles. The van der Waals surface area contributed by atoms with Crippen LogP contribution in [-0.4, -0.2) is 35.7 Å². The van der Waals surface area contributed by atoms with E-state index < -0.39 is 0 Å². The van der Waals surface area contributed by atoms with Crippen molar-refractivity contribution in [3.8, 4) is 5.69 Å². The summed E-state index contributed by atoms with van der Waals surface area (Å²) in [4.78, 5) is 15.7. The molecule has 0 spiro atoms. The summed E-state index contributed by atoms with van der Waals surface area (Å²) in [5.41, 5.74) is 1.49. The van der Waals surface area contributed by atoms with Gasteiger partial charge in [0.05, 0.1) is 24.6 Å². The summed E-state index contributed by atoms with van der Waals surface area (Å²) >= 11 is 0. The number of hydrogen-bond acceptors (Lipinski definition) is 5. The minimum Gasteiger partial charge on any atom is -0.349 e. The molecule has 1 N–H and O–H groups in total. The lowest BCUT2D eigenvalue weighted by atomic mass is 10.4. The van der Waals surface area contributed by atoms with Crippen molar-refractivity contribution < 1.29 is 4.79 Å². The van der Waals surface area contributed by atoms with Crippen LogP contribution >= 0.6 is 0 Å². The predicted octanol–water partition coefficient (Wildman–Crippen LogP) is 0.175. The fraction of sp³-hybridized carbons (Fsp3) is 0.154. The van der Waals surface area contributed by atoms with Gasteiger partial charge in [0.1, 0.15) is 12.2 Å². The summed E-state index contributed by atoms with van der Waals surface area (Å²) in [7, 11) is 0. The van der Waals surface area contributed by atoms with Crippen LogP contribution in [0.15, 0.2) is 49.2 Å². The molecular formula is C13H13N7O. The van der Waals surface area contributed by atoms with E-state index in [4.69, 9.17) is 0 Å². The standard InChI is InChI=1S/C13H13N7O/c21-13(10-19-6-2-5-16-19)15-7-11-9-20(18-17-11)12-3-1-4-14-8-12/h1-6,8-9H,7,10H2,(H,15,21). The van der Waals surface area contributed by atoms with Gasteiger partial charge in [-0.05, 0) is 18.2 Å². The second kappa shape index (κ2) is 5.95. The minimum atomic E-state index is -0.130. The highest BCUT2D eigenvalue weighted by atomic mass is 16.2. The van der Waals surface area contributed by atoms with E-state index in [9.17, 15) is 4.79 Å². The molecule has 0 aliphatic rings. The number of nitrogens with zero attached hydrogens (tertiary/aromatic N) is 6. The SMILES string of the molecule is O=C(Cn1cccn1)NCc1cn(-c2cccnc2)nn1. The van der Waals surface area contributed by atoms with Crippen molar-refractivity contribution in [1.82, 2.24) is 35.1 Å². The van der Waals surface area contributed by atoms with Crippen molar-refractivity contribution in [2.24, 2.45) is 0 Å². The number of hydrogen-bond donors (Lipinski definition) is 1. The Morgan fingerprint density at radius 2 is 2.24 bits per heavy atom. The lowest BCUT2D eigenvalue weighted by Crippen LogP contribution is -2.27. The lowest BCUT2D eigenvalue weighted by Gasteiger charge is -2.02. The van der Waals surface area contributed by atoms with Gasteiger partial charge in [-0.2, -0.15) is 5.10 Å². The molecule has 0 unspecified atom stereocenters. The fourth-order valence-corrected chi connectivity index (χ4v) is 1.78. The Kier molecular flexibility index (Phi) is 3.68. The number of carbonyl (C=O) groups excluding carboxylic acids is 1. The van der Waals surface area contributed by atoms with Gasteiger partial charge in [0.25, 0.3) is 0 Å². The normalized spacial score (nSPS) is 10.5. The van der Waals surface area contributed by atoms with Crippen LogP contribution in [0.3, 0.4) is 0 Å². The summed E-state index contributed by atoms with van der Waals surface area (Å²) in [5, 5.41) is 14.8. The minimum absolute atomic E-state index is 0.130. The van der Waals surface area contributed by atoms with Crippen molar-refractivity contribution in [2.75, 3.05) is 0 Å². The van der Waals surface area contributed by atoms with E-state index in [2.05, 4.69) is 25.7 Å². The third kappa shape index (κ3) is 3.30. The molecule has 8 heteroatoms. The van der Waals surface area contributed by atoms with Crippen molar-refractivity contribution >= 4 is 5.91 Å². The molecule has 0 aliphatic heterocycles. The first kappa shape index (κ1) is 13.0. The van der Waals surface area contributed by atoms with E-state index in [0.717, 1.165) is 5.69 Å². The van der Waals surface area contributed by atoms with Gasteiger partial charge in [0.2, 0.25) is 5.91 Å². The van der Waals surface area contributed by atoms with Crippen LogP contribution in [0.1, 0.15) is 5.69 Å². The molecule has 0 aliphatic carbocycles. The molecule has 0 saturated heterocycles. The third-order valence-electron chi connectivity index (χ3n) is 2.78. The number of nitrogens with one attached hydrogen (secondary N) is 1. The Hall–Kier alpha value is -3.03. The first-order valence-corrected chi connectivity index (χ1v) is 6.37. The highest BCUT2D eigenvalue weighted by molar-refractivity contribution is 5.75. The summed E-state index contributed by atoms with van der Waals surface area (Å²) in [6.45, 7) is 0.504. The van der Waals surface area contributed by atoms with Crippen LogP contribution in [0.5, 0.6) is 0 Å². The summed E-state index contributed by atoms with van der Waals surface area (Å²) in [5.74, 6) is -0.130. The third-order valence-corrected chi connectivity index (χ3v) is 2.78. The Labute approximate surface area is 120 Å². The van der Waals surface area contributed by atoms with Crippen LogP contribution in [0.4, 0.5) is 0 Å². The molecule has 0 atom stereocenters. The van der Waals surface area contributed by atoms with Gasteiger partial charge in [-0.15, -0.1) is 5.10 Å². The van der Waals surface area contributed by atoms with Crippen molar-refractivity contribution in [2.45, 2.75) is 13.1 Å². The quantitative estimate of drug-likeness (QED) is 0.721. The Bertz CT molecular complexity index is 705. The number of pyridine rings is 1. The van der Waals surface area contributed by atoms with Crippen LogP contribution in [0.2, 0.25) is 0 Å². The highest BCUT2D eigenvalue weighted by Crippen LogP contribution is 2.03. The molecule has 0 radical (unpaired) electrons. The maximum Gasteiger partial charge on any atom is 0.242 e. The molecule has 0 fully saturated rings.